The van der Waals surface area contributed by atoms with Crippen LogP contribution in [0.2, 0.25) is 0 Å². The summed E-state index contributed by atoms with van der Waals surface area (Å²) in [7, 11) is 0. The summed E-state index contributed by atoms with van der Waals surface area (Å²) in [6, 6.07) is 0.439. The van der Waals surface area contributed by atoms with E-state index >= 15 is 0 Å². The maximum absolute atomic E-state index is 10.9. The molecule has 3 rings (SSSR count). The molecule has 2 aromatic heterocycles. The van der Waals surface area contributed by atoms with E-state index in [0.29, 0.717) is 17.8 Å². The Balaban J connectivity index is 1.77. The third-order valence-electron chi connectivity index (χ3n) is 3.84. The van der Waals surface area contributed by atoms with Crippen LogP contribution in [0.25, 0.3) is 11.0 Å². The normalized spacial score (nSPS) is 21.7. The third kappa shape index (κ3) is 2.34. The van der Waals surface area contributed by atoms with E-state index in [9.17, 15) is 4.79 Å². The van der Waals surface area contributed by atoms with Crippen LogP contribution in [0.5, 0.6) is 0 Å². The van der Waals surface area contributed by atoms with Crippen molar-refractivity contribution in [1.82, 2.24) is 19.9 Å². The van der Waals surface area contributed by atoms with Crippen LogP contribution in [0, 0.1) is 9.49 Å². The van der Waals surface area contributed by atoms with Gasteiger partial charge in [-0.2, -0.15) is 0 Å². The van der Waals surface area contributed by atoms with E-state index in [1.807, 2.05) is 0 Å². The summed E-state index contributed by atoms with van der Waals surface area (Å²) < 4.78 is 3.28. The van der Waals surface area contributed by atoms with Gasteiger partial charge in [0.25, 0.3) is 0 Å². The Bertz CT molecular complexity index is 662. The first kappa shape index (κ1) is 13.6. The predicted molar refractivity (Wildman–Crippen MR) is 85.1 cm³/mol. The minimum Gasteiger partial charge on any atom is -0.383 e. The largest absolute Gasteiger partial charge is 0.383 e. The fourth-order valence-corrected chi connectivity index (χ4v) is 3.54. The smallest absolute Gasteiger partial charge is 0.216 e. The highest BCUT2D eigenvalue weighted by molar-refractivity contribution is 14.1. The van der Waals surface area contributed by atoms with Gasteiger partial charge in [0.05, 0.1) is 5.39 Å². The van der Waals surface area contributed by atoms with Crippen molar-refractivity contribution in [3.8, 4) is 0 Å². The first-order valence-electron chi connectivity index (χ1n) is 6.57. The van der Waals surface area contributed by atoms with Gasteiger partial charge in [-0.05, 0) is 41.4 Å². The Morgan fingerprint density at radius 1 is 1.55 bits per heavy atom. The van der Waals surface area contributed by atoms with Crippen LogP contribution >= 0.6 is 22.6 Å². The van der Waals surface area contributed by atoms with Crippen molar-refractivity contribution >= 4 is 45.3 Å². The number of carbonyl (C=O) groups excluding carboxylic acids is 1. The fraction of sp³-hybridized carbons (Fsp3) is 0.462. The van der Waals surface area contributed by atoms with E-state index in [2.05, 4.69) is 48.6 Å². The number of nitrogens with one attached hydrogen (secondary N) is 1. The second kappa shape index (κ2) is 5.19. The number of carbonyl (C=O) groups is 1. The number of fused-ring (bicyclic) bond motifs is 1. The first-order valence-corrected chi connectivity index (χ1v) is 7.65. The molecule has 6 nitrogen and oxygen atoms in total. The molecule has 1 aliphatic carbocycles. The van der Waals surface area contributed by atoms with E-state index in [0.717, 1.165) is 34.0 Å². The highest BCUT2D eigenvalue weighted by Crippen LogP contribution is 2.40. The average Bonchev–Trinajstić information content (AvgIpc) is 2.66. The standard InChI is InChI=1S/C13H16IN5O/c1-7(20)16-4-8-2-9(3-8)19-5-10(14)11-12(15)17-6-18-13(11)19/h5-6,8-9H,2-4H2,1H3,(H,16,20)(H2,15,17,18)/t8-,9+. The van der Waals surface area contributed by atoms with Crippen LogP contribution in [0.1, 0.15) is 25.8 Å². The van der Waals surface area contributed by atoms with Crippen LogP contribution in [-0.4, -0.2) is 27.0 Å². The number of aromatic nitrogens is 3. The number of hydrogen-bond acceptors (Lipinski definition) is 4. The van der Waals surface area contributed by atoms with Crippen molar-refractivity contribution in [3.05, 3.63) is 16.1 Å². The summed E-state index contributed by atoms with van der Waals surface area (Å²) in [5.74, 6) is 1.13. The van der Waals surface area contributed by atoms with E-state index in [1.54, 1.807) is 6.92 Å². The molecule has 0 radical (unpaired) electrons. The zero-order valence-electron chi connectivity index (χ0n) is 11.1. The molecule has 0 saturated heterocycles. The molecule has 1 fully saturated rings. The van der Waals surface area contributed by atoms with Crippen LogP contribution < -0.4 is 11.1 Å². The van der Waals surface area contributed by atoms with Crippen molar-refractivity contribution in [2.45, 2.75) is 25.8 Å². The summed E-state index contributed by atoms with van der Waals surface area (Å²) in [4.78, 5) is 19.3. The van der Waals surface area contributed by atoms with Crippen LogP contribution in [-0.2, 0) is 4.79 Å². The summed E-state index contributed by atoms with van der Waals surface area (Å²) in [6.45, 7) is 2.32. The minimum atomic E-state index is 0.0370. The molecule has 1 saturated carbocycles. The second-order valence-corrected chi connectivity index (χ2v) is 6.43. The van der Waals surface area contributed by atoms with Crippen LogP contribution in [0.4, 0.5) is 5.82 Å². The molecule has 1 aliphatic rings. The van der Waals surface area contributed by atoms with E-state index < -0.39 is 0 Å². The fourth-order valence-electron chi connectivity index (χ4n) is 2.72. The van der Waals surface area contributed by atoms with Gasteiger partial charge in [-0.3, -0.25) is 4.79 Å². The van der Waals surface area contributed by atoms with E-state index in [-0.39, 0.29) is 5.91 Å². The van der Waals surface area contributed by atoms with Gasteiger partial charge < -0.3 is 15.6 Å². The molecule has 7 heteroatoms. The molecule has 3 N–H and O–H groups in total. The average molecular weight is 385 g/mol. The van der Waals surface area contributed by atoms with E-state index in [4.69, 9.17) is 5.73 Å². The Kier molecular flexibility index (Phi) is 3.53. The van der Waals surface area contributed by atoms with E-state index in [1.165, 1.54) is 6.33 Å². The lowest BCUT2D eigenvalue weighted by Crippen LogP contribution is -2.36. The van der Waals surface area contributed by atoms with Gasteiger partial charge >= 0.3 is 0 Å². The van der Waals surface area contributed by atoms with Crippen LogP contribution in [0.3, 0.4) is 0 Å². The molecule has 2 heterocycles. The Labute approximate surface area is 130 Å². The first-order chi connectivity index (χ1) is 9.56. The van der Waals surface area contributed by atoms with Gasteiger partial charge in [0, 0.05) is 29.3 Å². The molecule has 2 aromatic rings. The van der Waals surface area contributed by atoms with Crippen molar-refractivity contribution in [2.24, 2.45) is 5.92 Å². The van der Waals surface area contributed by atoms with Gasteiger partial charge in [0.2, 0.25) is 5.91 Å². The molecule has 0 atom stereocenters. The minimum absolute atomic E-state index is 0.0370. The van der Waals surface area contributed by atoms with Gasteiger partial charge in [0.15, 0.2) is 0 Å². The molecule has 0 bridgehead atoms. The third-order valence-corrected chi connectivity index (χ3v) is 4.65. The Morgan fingerprint density at radius 2 is 2.30 bits per heavy atom. The number of rotatable bonds is 3. The lowest BCUT2D eigenvalue weighted by atomic mass is 9.80. The maximum atomic E-state index is 10.9. The molecule has 0 aliphatic heterocycles. The highest BCUT2D eigenvalue weighted by Gasteiger charge is 2.32. The summed E-state index contributed by atoms with van der Waals surface area (Å²) in [5.41, 5.74) is 6.83. The number of amides is 1. The molecular weight excluding hydrogens is 369 g/mol. The lowest BCUT2D eigenvalue weighted by molar-refractivity contribution is -0.119. The topological polar surface area (TPSA) is 85.8 Å². The van der Waals surface area contributed by atoms with Crippen molar-refractivity contribution in [2.75, 3.05) is 12.3 Å². The maximum Gasteiger partial charge on any atom is 0.216 e. The number of halogens is 1. The summed E-state index contributed by atoms with van der Waals surface area (Å²) >= 11 is 2.27. The number of nitrogens with zero attached hydrogens (tertiary/aromatic N) is 3. The number of anilines is 1. The number of hydrogen-bond donors (Lipinski definition) is 2. The lowest BCUT2D eigenvalue weighted by Gasteiger charge is -2.36. The Morgan fingerprint density at radius 3 is 3.00 bits per heavy atom. The zero-order chi connectivity index (χ0) is 14.3. The highest BCUT2D eigenvalue weighted by atomic mass is 127. The predicted octanol–water partition coefficient (Wildman–Crippen LogP) is 1.71. The summed E-state index contributed by atoms with van der Waals surface area (Å²) in [5, 5.41) is 3.82. The summed E-state index contributed by atoms with van der Waals surface area (Å²) in [6.07, 6.45) is 5.72. The molecule has 106 valence electrons. The van der Waals surface area contributed by atoms with Gasteiger partial charge in [0.1, 0.15) is 17.8 Å². The molecule has 0 aromatic carbocycles. The molecule has 0 unspecified atom stereocenters. The van der Waals surface area contributed by atoms with Crippen molar-refractivity contribution in [1.29, 1.82) is 0 Å². The molecule has 0 spiro atoms. The SMILES string of the molecule is CC(=O)NC[C@H]1C[C@@H](n2cc(I)c3c(N)ncnc32)C1. The zero-order valence-corrected chi connectivity index (χ0v) is 13.3. The van der Waals surface area contributed by atoms with Gasteiger partial charge in [-0.15, -0.1) is 0 Å². The second-order valence-electron chi connectivity index (χ2n) is 5.27. The van der Waals surface area contributed by atoms with Gasteiger partial charge in [-0.25, -0.2) is 9.97 Å². The number of nitrogen functional groups attached to an aromatic ring is 1. The molecule has 1 amide bonds. The van der Waals surface area contributed by atoms with Crippen molar-refractivity contribution < 1.29 is 4.79 Å². The quantitative estimate of drug-likeness (QED) is 0.788. The monoisotopic (exact) mass is 385 g/mol. The molecule has 20 heavy (non-hydrogen) atoms. The number of nitrogens with two attached hydrogens (primary N) is 1. The van der Waals surface area contributed by atoms with Crippen molar-refractivity contribution in [3.63, 3.8) is 0 Å². The molecular formula is C13H16IN5O. The van der Waals surface area contributed by atoms with Crippen LogP contribution in [0.15, 0.2) is 12.5 Å². The Hall–Kier alpha value is -1.38. The van der Waals surface area contributed by atoms with Gasteiger partial charge in [-0.1, -0.05) is 0 Å².